The van der Waals surface area contributed by atoms with Crippen LogP contribution in [-0.4, -0.2) is 29.4 Å². The molecule has 0 radical (unpaired) electrons. The molecule has 1 heterocycles. The van der Waals surface area contributed by atoms with Crippen molar-refractivity contribution in [2.75, 3.05) is 23.7 Å². The number of aromatic nitrogens is 1. The van der Waals surface area contributed by atoms with Gasteiger partial charge in [-0.05, 0) is 50.1 Å². The van der Waals surface area contributed by atoms with Gasteiger partial charge >= 0.3 is 0 Å². The summed E-state index contributed by atoms with van der Waals surface area (Å²) < 4.78 is 4.18. The number of hydrogen-bond donors (Lipinski definition) is 2. The zero-order valence-electron chi connectivity index (χ0n) is 11.2. The van der Waals surface area contributed by atoms with Gasteiger partial charge in [-0.25, -0.2) is 0 Å². The Morgan fingerprint density at radius 2 is 2.21 bits per heavy atom. The number of carbonyl (C=O) groups excluding carboxylic acids is 1. The van der Waals surface area contributed by atoms with E-state index >= 15 is 0 Å². The van der Waals surface area contributed by atoms with Crippen LogP contribution in [-0.2, 0) is 0 Å². The van der Waals surface area contributed by atoms with Crippen LogP contribution in [0.1, 0.15) is 43.0 Å². The van der Waals surface area contributed by atoms with Crippen molar-refractivity contribution in [3.63, 3.8) is 0 Å². The van der Waals surface area contributed by atoms with Gasteiger partial charge in [0.25, 0.3) is 5.91 Å². The highest BCUT2D eigenvalue weighted by atomic mass is 32.1. The number of carbonyl (C=O) groups is 1. The fourth-order valence-corrected chi connectivity index (χ4v) is 3.06. The van der Waals surface area contributed by atoms with E-state index in [1.165, 1.54) is 24.4 Å². The summed E-state index contributed by atoms with van der Waals surface area (Å²) in [6.45, 7) is 4.02. The molecule has 19 heavy (non-hydrogen) atoms. The number of nitrogens with zero attached hydrogens (tertiary/aromatic N) is 2. The highest BCUT2D eigenvalue weighted by Crippen LogP contribution is 2.36. The largest absolute Gasteiger partial charge is 0.382 e. The number of nitrogens with one attached hydrogen (secondary N) is 1. The molecular weight excluding hydrogens is 260 g/mol. The van der Waals surface area contributed by atoms with Gasteiger partial charge in [-0.2, -0.15) is 4.37 Å². The standard InChI is InChI=1S/C13H20N4OS/c1-2-17(7-8-3-4-8)13-10(11(14)16-19-13)12(18)15-9-5-6-9/h8-9H,2-7H2,1H3,(H2,14,16)(H,15,18). The molecule has 2 aliphatic rings. The first-order chi connectivity index (χ1) is 9.19. The molecule has 0 unspecified atom stereocenters. The third-order valence-corrected chi connectivity index (χ3v) is 4.61. The molecule has 2 saturated carbocycles. The second-order valence-electron chi connectivity index (χ2n) is 5.48. The molecule has 0 atom stereocenters. The summed E-state index contributed by atoms with van der Waals surface area (Å²) in [6.07, 6.45) is 4.76. The molecule has 6 heteroatoms. The summed E-state index contributed by atoms with van der Waals surface area (Å²) in [5.74, 6) is 1.09. The van der Waals surface area contributed by atoms with Crippen molar-refractivity contribution in [3.8, 4) is 0 Å². The molecule has 2 fully saturated rings. The number of amides is 1. The second kappa shape index (κ2) is 5.00. The molecule has 1 amide bonds. The minimum atomic E-state index is -0.0574. The van der Waals surface area contributed by atoms with Crippen molar-refractivity contribution >= 4 is 28.3 Å². The summed E-state index contributed by atoms with van der Waals surface area (Å²) in [6, 6.07) is 0.346. The maximum absolute atomic E-state index is 12.3. The molecule has 3 N–H and O–H groups in total. The van der Waals surface area contributed by atoms with Crippen molar-refractivity contribution in [1.29, 1.82) is 0 Å². The lowest BCUT2D eigenvalue weighted by Gasteiger charge is -2.21. The van der Waals surface area contributed by atoms with Crippen LogP contribution in [0.5, 0.6) is 0 Å². The van der Waals surface area contributed by atoms with E-state index in [9.17, 15) is 4.79 Å². The third-order valence-electron chi connectivity index (χ3n) is 3.68. The van der Waals surface area contributed by atoms with E-state index in [4.69, 9.17) is 5.73 Å². The predicted octanol–water partition coefficient (Wildman–Crippen LogP) is 1.85. The van der Waals surface area contributed by atoms with E-state index < -0.39 is 0 Å². The van der Waals surface area contributed by atoms with Crippen molar-refractivity contribution in [2.24, 2.45) is 5.92 Å². The SMILES string of the molecule is CCN(CC1CC1)c1snc(N)c1C(=O)NC1CC1. The van der Waals surface area contributed by atoms with Gasteiger partial charge in [0.2, 0.25) is 0 Å². The van der Waals surface area contributed by atoms with Gasteiger partial charge in [0.15, 0.2) is 5.82 Å². The van der Waals surface area contributed by atoms with Crippen LogP contribution in [0.15, 0.2) is 0 Å². The fourth-order valence-electron chi connectivity index (χ4n) is 2.18. The first-order valence-corrected chi connectivity index (χ1v) is 7.77. The normalized spacial score (nSPS) is 18.4. The Morgan fingerprint density at radius 1 is 1.47 bits per heavy atom. The Bertz CT molecular complexity index is 479. The highest BCUT2D eigenvalue weighted by Gasteiger charge is 2.31. The highest BCUT2D eigenvalue weighted by molar-refractivity contribution is 7.11. The Hall–Kier alpha value is -1.30. The molecular formula is C13H20N4OS. The molecule has 1 aromatic heterocycles. The molecule has 0 bridgehead atoms. The van der Waals surface area contributed by atoms with Gasteiger partial charge in [-0.15, -0.1) is 0 Å². The van der Waals surface area contributed by atoms with Gasteiger partial charge in [0.05, 0.1) is 0 Å². The van der Waals surface area contributed by atoms with Crippen molar-refractivity contribution in [1.82, 2.24) is 9.69 Å². The minimum Gasteiger partial charge on any atom is -0.382 e. The zero-order valence-corrected chi connectivity index (χ0v) is 12.0. The molecule has 1 aromatic rings. The number of hydrogen-bond acceptors (Lipinski definition) is 5. The zero-order chi connectivity index (χ0) is 13.4. The molecule has 5 nitrogen and oxygen atoms in total. The monoisotopic (exact) mass is 280 g/mol. The van der Waals surface area contributed by atoms with Crippen LogP contribution in [0.4, 0.5) is 10.8 Å². The maximum atomic E-state index is 12.3. The van der Waals surface area contributed by atoms with Crippen molar-refractivity contribution in [2.45, 2.75) is 38.6 Å². The Labute approximate surface area is 117 Å². The van der Waals surface area contributed by atoms with Gasteiger partial charge in [0.1, 0.15) is 10.6 Å². The maximum Gasteiger partial charge on any atom is 0.258 e. The van der Waals surface area contributed by atoms with E-state index in [-0.39, 0.29) is 5.91 Å². The van der Waals surface area contributed by atoms with Crippen LogP contribution in [0.25, 0.3) is 0 Å². The van der Waals surface area contributed by atoms with Crippen LogP contribution < -0.4 is 16.0 Å². The number of rotatable bonds is 6. The van der Waals surface area contributed by atoms with Gasteiger partial charge < -0.3 is 16.0 Å². The lowest BCUT2D eigenvalue weighted by atomic mass is 10.2. The van der Waals surface area contributed by atoms with Crippen LogP contribution >= 0.6 is 11.5 Å². The summed E-state index contributed by atoms with van der Waals surface area (Å²) in [4.78, 5) is 14.5. The van der Waals surface area contributed by atoms with Crippen LogP contribution in [0.3, 0.4) is 0 Å². The summed E-state index contributed by atoms with van der Waals surface area (Å²) >= 11 is 1.34. The van der Waals surface area contributed by atoms with Gasteiger partial charge in [-0.3, -0.25) is 4.79 Å². The molecule has 0 aliphatic heterocycles. The smallest absolute Gasteiger partial charge is 0.258 e. The lowest BCUT2D eigenvalue weighted by molar-refractivity contribution is 0.0952. The number of nitrogens with two attached hydrogens (primary N) is 1. The average molecular weight is 280 g/mol. The first-order valence-electron chi connectivity index (χ1n) is 7.00. The minimum absolute atomic E-state index is 0.0574. The van der Waals surface area contributed by atoms with E-state index in [0.29, 0.717) is 17.4 Å². The summed E-state index contributed by atoms with van der Waals surface area (Å²) in [7, 11) is 0. The fraction of sp³-hybridized carbons (Fsp3) is 0.692. The average Bonchev–Trinajstić information content (AvgIpc) is 3.29. The van der Waals surface area contributed by atoms with Crippen LogP contribution in [0.2, 0.25) is 0 Å². The van der Waals surface area contributed by atoms with E-state index in [2.05, 4.69) is 21.5 Å². The van der Waals surface area contributed by atoms with E-state index in [1.807, 2.05) is 0 Å². The lowest BCUT2D eigenvalue weighted by Crippen LogP contribution is -2.30. The quantitative estimate of drug-likeness (QED) is 0.834. The van der Waals surface area contributed by atoms with Crippen molar-refractivity contribution in [3.05, 3.63) is 5.56 Å². The Morgan fingerprint density at radius 3 is 2.79 bits per heavy atom. The van der Waals surface area contributed by atoms with E-state index in [1.54, 1.807) is 0 Å². The second-order valence-corrected chi connectivity index (χ2v) is 6.23. The van der Waals surface area contributed by atoms with Gasteiger partial charge in [-0.1, -0.05) is 0 Å². The first kappa shape index (κ1) is 12.7. The molecule has 104 valence electrons. The van der Waals surface area contributed by atoms with Gasteiger partial charge in [0, 0.05) is 19.1 Å². The Kier molecular flexibility index (Phi) is 3.35. The molecule has 2 aliphatic carbocycles. The predicted molar refractivity (Wildman–Crippen MR) is 77.6 cm³/mol. The summed E-state index contributed by atoms with van der Waals surface area (Å²) in [5.41, 5.74) is 6.47. The van der Waals surface area contributed by atoms with Crippen LogP contribution in [0, 0.1) is 5.92 Å². The van der Waals surface area contributed by atoms with Crippen molar-refractivity contribution < 1.29 is 4.79 Å². The Balaban J connectivity index is 1.80. The summed E-state index contributed by atoms with van der Waals surface area (Å²) in [5, 5.41) is 3.94. The number of anilines is 2. The molecule has 0 saturated heterocycles. The molecule has 0 spiro atoms. The van der Waals surface area contributed by atoms with E-state index in [0.717, 1.165) is 36.9 Å². The third kappa shape index (κ3) is 2.83. The number of nitrogen functional groups attached to an aromatic ring is 1. The topological polar surface area (TPSA) is 71.2 Å². The molecule has 3 rings (SSSR count). The molecule has 0 aromatic carbocycles.